The molecule has 0 saturated heterocycles. The van der Waals surface area contributed by atoms with Crippen molar-refractivity contribution < 1.29 is 4.39 Å². The Morgan fingerprint density at radius 2 is 1.95 bits per heavy atom. The molecular formula is C14H18BrFN4. The molecule has 0 aliphatic rings. The number of hydrogen-bond donors (Lipinski definition) is 2. The highest BCUT2D eigenvalue weighted by Gasteiger charge is 2.35. The van der Waals surface area contributed by atoms with E-state index < -0.39 is 0 Å². The van der Waals surface area contributed by atoms with Crippen molar-refractivity contribution >= 4 is 15.9 Å². The summed E-state index contributed by atoms with van der Waals surface area (Å²) in [5.74, 6) is 5.52. The third kappa shape index (κ3) is 2.63. The largest absolute Gasteiger partial charge is 0.271 e. The summed E-state index contributed by atoms with van der Waals surface area (Å²) < 4.78 is 15.8. The number of hydrazine groups is 1. The first kappa shape index (κ1) is 15.2. The lowest BCUT2D eigenvalue weighted by Gasteiger charge is -2.34. The van der Waals surface area contributed by atoms with Crippen LogP contribution in [0, 0.1) is 5.82 Å². The van der Waals surface area contributed by atoms with Gasteiger partial charge < -0.3 is 0 Å². The second-order valence-corrected chi connectivity index (χ2v) is 6.18. The Balaban J connectivity index is 2.47. The lowest BCUT2D eigenvalue weighted by molar-refractivity contribution is 0.335. The van der Waals surface area contributed by atoms with Gasteiger partial charge in [0, 0.05) is 12.5 Å². The number of aryl methyl sites for hydroxylation is 1. The summed E-state index contributed by atoms with van der Waals surface area (Å²) in [5, 5.41) is 4.22. The zero-order valence-corrected chi connectivity index (χ0v) is 13.3. The first-order valence-electron chi connectivity index (χ1n) is 6.27. The maximum atomic E-state index is 13.1. The maximum absolute atomic E-state index is 13.1. The molecule has 6 heteroatoms. The van der Waals surface area contributed by atoms with Crippen LogP contribution in [0.15, 0.2) is 34.9 Å². The van der Waals surface area contributed by atoms with E-state index in [1.54, 1.807) is 23.0 Å². The van der Waals surface area contributed by atoms with Gasteiger partial charge in [-0.15, -0.1) is 0 Å². The second kappa shape index (κ2) is 5.63. The average molecular weight is 341 g/mol. The fourth-order valence-corrected chi connectivity index (χ4v) is 3.00. The monoisotopic (exact) mass is 340 g/mol. The molecule has 0 radical (unpaired) electrons. The predicted molar refractivity (Wildman–Crippen MR) is 80.4 cm³/mol. The number of rotatable bonds is 4. The molecule has 0 aliphatic carbocycles. The number of nitrogens with one attached hydrogen (secondary N) is 1. The maximum Gasteiger partial charge on any atom is 0.123 e. The van der Waals surface area contributed by atoms with Crippen LogP contribution in [-0.4, -0.2) is 9.78 Å². The van der Waals surface area contributed by atoms with Gasteiger partial charge in [-0.05, 0) is 33.6 Å². The van der Waals surface area contributed by atoms with E-state index in [9.17, 15) is 4.39 Å². The van der Waals surface area contributed by atoms with Crippen molar-refractivity contribution in [1.29, 1.82) is 0 Å². The molecule has 1 aromatic carbocycles. The normalized spacial score (nSPS) is 13.5. The molecule has 1 heterocycles. The molecule has 0 spiro atoms. The Kier molecular flexibility index (Phi) is 4.27. The molecule has 1 aromatic heterocycles. The van der Waals surface area contributed by atoms with Crippen molar-refractivity contribution in [1.82, 2.24) is 15.2 Å². The van der Waals surface area contributed by atoms with Crippen molar-refractivity contribution in [2.45, 2.75) is 25.3 Å². The van der Waals surface area contributed by atoms with Gasteiger partial charge in [0.2, 0.25) is 0 Å². The topological polar surface area (TPSA) is 55.9 Å². The highest BCUT2D eigenvalue weighted by Crippen LogP contribution is 2.38. The first-order chi connectivity index (χ1) is 9.37. The number of benzene rings is 1. The summed E-state index contributed by atoms with van der Waals surface area (Å²) >= 11 is 3.50. The number of halogens is 2. The Labute approximate surface area is 126 Å². The van der Waals surface area contributed by atoms with E-state index in [4.69, 9.17) is 5.84 Å². The van der Waals surface area contributed by atoms with E-state index in [0.29, 0.717) is 0 Å². The van der Waals surface area contributed by atoms with Gasteiger partial charge >= 0.3 is 0 Å². The van der Waals surface area contributed by atoms with Crippen LogP contribution < -0.4 is 11.3 Å². The Morgan fingerprint density at radius 3 is 2.40 bits per heavy atom. The van der Waals surface area contributed by atoms with Crippen LogP contribution in [0.4, 0.5) is 4.39 Å². The number of hydrogen-bond acceptors (Lipinski definition) is 3. The van der Waals surface area contributed by atoms with Gasteiger partial charge in [0.25, 0.3) is 0 Å². The molecular weight excluding hydrogens is 323 g/mol. The summed E-state index contributed by atoms with van der Waals surface area (Å²) in [6.45, 7) is 4.12. The van der Waals surface area contributed by atoms with Crippen molar-refractivity contribution in [3.63, 3.8) is 0 Å². The molecule has 0 bridgehead atoms. The highest BCUT2D eigenvalue weighted by molar-refractivity contribution is 9.10. The van der Waals surface area contributed by atoms with Gasteiger partial charge in [-0.2, -0.15) is 5.10 Å². The van der Waals surface area contributed by atoms with Crippen molar-refractivity contribution in [3.05, 3.63) is 52.0 Å². The summed E-state index contributed by atoms with van der Waals surface area (Å²) in [7, 11) is 1.87. The molecule has 0 aliphatic heterocycles. The van der Waals surface area contributed by atoms with Crippen LogP contribution in [-0.2, 0) is 12.5 Å². The molecule has 108 valence electrons. The molecule has 20 heavy (non-hydrogen) atoms. The van der Waals surface area contributed by atoms with Crippen LogP contribution in [0.3, 0.4) is 0 Å². The second-order valence-electron chi connectivity index (χ2n) is 5.33. The summed E-state index contributed by atoms with van der Waals surface area (Å²) in [6.07, 6.45) is 1.74. The average Bonchev–Trinajstić information content (AvgIpc) is 2.72. The quantitative estimate of drug-likeness (QED) is 0.664. The van der Waals surface area contributed by atoms with Gasteiger partial charge in [0.15, 0.2) is 0 Å². The fraction of sp³-hybridized carbons (Fsp3) is 0.357. The minimum atomic E-state index is -0.335. The van der Waals surface area contributed by atoms with Gasteiger partial charge in [-0.25, -0.2) is 4.39 Å². The summed E-state index contributed by atoms with van der Waals surface area (Å²) in [5.41, 5.74) is 4.46. The zero-order valence-electron chi connectivity index (χ0n) is 11.7. The number of nitrogens with two attached hydrogens (primary N) is 1. The van der Waals surface area contributed by atoms with E-state index in [-0.39, 0.29) is 17.3 Å². The van der Waals surface area contributed by atoms with E-state index in [1.807, 2.05) is 7.05 Å². The minimum absolute atomic E-state index is 0.171. The predicted octanol–water partition coefficient (Wildman–Crippen LogP) is 2.80. The third-order valence-electron chi connectivity index (χ3n) is 3.69. The van der Waals surface area contributed by atoms with E-state index in [2.05, 4.69) is 40.3 Å². The smallest absolute Gasteiger partial charge is 0.123 e. The standard InChI is InChI=1S/C14H18BrFN4/c1-14(2,9-4-6-10(16)7-5-9)13(19-17)12-11(15)8-18-20(12)3/h4-8,13,19H,17H2,1-3H3. The van der Waals surface area contributed by atoms with Crippen molar-refractivity contribution in [3.8, 4) is 0 Å². The van der Waals surface area contributed by atoms with E-state index in [1.165, 1.54) is 12.1 Å². The first-order valence-corrected chi connectivity index (χ1v) is 7.06. The van der Waals surface area contributed by atoms with Crippen LogP contribution in [0.25, 0.3) is 0 Å². The van der Waals surface area contributed by atoms with E-state index in [0.717, 1.165) is 15.7 Å². The highest BCUT2D eigenvalue weighted by atomic mass is 79.9. The van der Waals surface area contributed by atoms with Crippen molar-refractivity contribution in [2.24, 2.45) is 12.9 Å². The molecule has 4 nitrogen and oxygen atoms in total. The van der Waals surface area contributed by atoms with Crippen LogP contribution in [0.1, 0.15) is 31.1 Å². The number of aromatic nitrogens is 2. The summed E-state index contributed by atoms with van der Waals surface area (Å²) in [4.78, 5) is 0. The van der Waals surface area contributed by atoms with Gasteiger partial charge in [0.05, 0.1) is 22.4 Å². The molecule has 1 unspecified atom stereocenters. The molecule has 0 fully saturated rings. The van der Waals surface area contributed by atoms with Crippen LogP contribution in [0.2, 0.25) is 0 Å². The van der Waals surface area contributed by atoms with Crippen molar-refractivity contribution in [2.75, 3.05) is 0 Å². The Hall–Kier alpha value is -1.24. The SMILES string of the molecule is Cn1ncc(Br)c1C(NN)C(C)(C)c1ccc(F)cc1. The van der Waals surface area contributed by atoms with Gasteiger partial charge in [-0.1, -0.05) is 26.0 Å². The van der Waals surface area contributed by atoms with Crippen LogP contribution in [0.5, 0.6) is 0 Å². The van der Waals surface area contributed by atoms with Crippen LogP contribution >= 0.6 is 15.9 Å². The lowest BCUT2D eigenvalue weighted by atomic mass is 9.76. The van der Waals surface area contributed by atoms with E-state index >= 15 is 0 Å². The molecule has 0 amide bonds. The summed E-state index contributed by atoms with van der Waals surface area (Å²) in [6, 6.07) is 6.31. The molecule has 1 atom stereocenters. The fourth-order valence-electron chi connectivity index (χ4n) is 2.42. The Bertz CT molecular complexity index is 572. The minimum Gasteiger partial charge on any atom is -0.271 e. The van der Waals surface area contributed by atoms with Gasteiger partial charge in [0.1, 0.15) is 5.82 Å². The zero-order chi connectivity index (χ0) is 14.9. The number of nitrogens with zero attached hydrogens (tertiary/aromatic N) is 2. The molecule has 0 saturated carbocycles. The molecule has 2 rings (SSSR count). The molecule has 3 N–H and O–H groups in total. The third-order valence-corrected chi connectivity index (χ3v) is 4.30. The Morgan fingerprint density at radius 1 is 1.35 bits per heavy atom. The van der Waals surface area contributed by atoms with Gasteiger partial charge in [-0.3, -0.25) is 16.0 Å². The lowest BCUT2D eigenvalue weighted by Crippen LogP contribution is -2.42. The molecule has 2 aromatic rings.